The summed E-state index contributed by atoms with van der Waals surface area (Å²) in [5, 5.41) is 2.56. The lowest BCUT2D eigenvalue weighted by Gasteiger charge is -1.86. The molecule has 4 heteroatoms. The lowest BCUT2D eigenvalue weighted by molar-refractivity contribution is 0.105. The average Bonchev–Trinajstić information content (AvgIpc) is 2.54. The van der Waals surface area contributed by atoms with E-state index >= 15 is 0 Å². The van der Waals surface area contributed by atoms with E-state index in [1.165, 1.54) is 0 Å². The minimum Gasteiger partial charge on any atom is -0.457 e. The molecule has 0 saturated heterocycles. The van der Waals surface area contributed by atoms with Gasteiger partial charge in [0, 0.05) is 0 Å². The van der Waals surface area contributed by atoms with Crippen molar-refractivity contribution in [1.82, 2.24) is 5.32 Å². The van der Waals surface area contributed by atoms with Crippen LogP contribution in [0.15, 0.2) is 16.5 Å². The van der Waals surface area contributed by atoms with Crippen molar-refractivity contribution in [3.63, 3.8) is 0 Å². The van der Waals surface area contributed by atoms with Crippen LogP contribution in [0.5, 0.6) is 0 Å². The van der Waals surface area contributed by atoms with Crippen molar-refractivity contribution in [3.8, 4) is 0 Å². The summed E-state index contributed by atoms with van der Waals surface area (Å²) in [7, 11) is 0. The van der Waals surface area contributed by atoms with Crippen molar-refractivity contribution >= 4 is 16.8 Å². The molecule has 1 heterocycles. The van der Waals surface area contributed by atoms with E-state index < -0.39 is 5.24 Å². The molecule has 0 radical (unpaired) electrons. The Labute approximate surface area is 89.4 Å². The fraction of sp³-hybridized carbons (Fsp3) is 0.500. The van der Waals surface area contributed by atoms with Crippen molar-refractivity contribution in [1.29, 1.82) is 0 Å². The minimum absolute atomic E-state index is 0.203. The van der Waals surface area contributed by atoms with E-state index in [9.17, 15) is 4.79 Å². The van der Waals surface area contributed by atoms with Crippen molar-refractivity contribution in [3.05, 3.63) is 23.7 Å². The Morgan fingerprint density at radius 3 is 2.14 bits per heavy atom. The van der Waals surface area contributed by atoms with E-state index in [-0.39, 0.29) is 5.76 Å². The summed E-state index contributed by atoms with van der Waals surface area (Å²) in [4.78, 5) is 10.3. The highest BCUT2D eigenvalue weighted by Crippen LogP contribution is 2.08. The zero-order valence-electron chi connectivity index (χ0n) is 8.76. The molecule has 0 saturated carbocycles. The number of rotatable bonds is 3. The van der Waals surface area contributed by atoms with Gasteiger partial charge in [-0.25, -0.2) is 0 Å². The number of hydrogen-bond acceptors (Lipinski definition) is 3. The predicted octanol–water partition coefficient (Wildman–Crippen LogP) is 2.58. The van der Waals surface area contributed by atoms with Gasteiger partial charge in [-0.3, -0.25) is 4.79 Å². The summed E-state index contributed by atoms with van der Waals surface area (Å²) in [6.07, 6.45) is 0. The Balaban J connectivity index is 0.000000292. The van der Waals surface area contributed by atoms with E-state index in [1.807, 2.05) is 0 Å². The molecule has 0 spiro atoms. The highest BCUT2D eigenvalue weighted by atomic mass is 35.5. The third-order valence-corrected chi connectivity index (χ3v) is 1.62. The van der Waals surface area contributed by atoms with Crippen LogP contribution < -0.4 is 5.32 Å². The molecule has 3 nitrogen and oxygen atoms in total. The molecule has 0 atom stereocenters. The molecule has 0 fully saturated rings. The van der Waals surface area contributed by atoms with Crippen LogP contribution in [0.25, 0.3) is 0 Å². The molecule has 0 aliphatic heterocycles. The Morgan fingerprint density at radius 2 is 2.00 bits per heavy atom. The number of nitrogens with one attached hydrogen (secondary N) is 1. The molecule has 1 rings (SSSR count). The first-order valence-corrected chi connectivity index (χ1v) is 4.96. The van der Waals surface area contributed by atoms with E-state index in [2.05, 4.69) is 19.2 Å². The number of carbonyl (C=O) groups is 1. The van der Waals surface area contributed by atoms with E-state index in [4.69, 9.17) is 16.0 Å². The third-order valence-electron chi connectivity index (χ3n) is 1.43. The van der Waals surface area contributed by atoms with Crippen molar-refractivity contribution in [2.24, 2.45) is 0 Å². The fourth-order valence-corrected chi connectivity index (χ4v) is 0.892. The summed E-state index contributed by atoms with van der Waals surface area (Å²) in [5.41, 5.74) is 0. The minimum atomic E-state index is -0.553. The van der Waals surface area contributed by atoms with Crippen LogP contribution in [0.3, 0.4) is 0 Å². The quantitative estimate of drug-likeness (QED) is 0.792. The first kappa shape index (κ1) is 13.2. The van der Waals surface area contributed by atoms with Gasteiger partial charge in [0.25, 0.3) is 5.24 Å². The summed E-state index contributed by atoms with van der Waals surface area (Å²) in [5.74, 6) is 0.896. The molecule has 0 aliphatic carbocycles. The zero-order valence-corrected chi connectivity index (χ0v) is 9.52. The monoisotopic (exact) mass is 217 g/mol. The molecule has 14 heavy (non-hydrogen) atoms. The van der Waals surface area contributed by atoms with Crippen LogP contribution in [0.4, 0.5) is 0 Å². The number of halogens is 1. The number of aryl methyl sites for hydroxylation is 1. The van der Waals surface area contributed by atoms with Gasteiger partial charge < -0.3 is 9.73 Å². The first-order chi connectivity index (χ1) is 6.61. The Kier molecular flexibility index (Phi) is 7.16. The highest BCUT2D eigenvalue weighted by molar-refractivity contribution is 6.67. The van der Waals surface area contributed by atoms with Gasteiger partial charge in [-0.2, -0.15) is 0 Å². The van der Waals surface area contributed by atoms with Gasteiger partial charge in [-0.1, -0.05) is 13.8 Å². The van der Waals surface area contributed by atoms with E-state index in [0.717, 1.165) is 13.1 Å². The van der Waals surface area contributed by atoms with Crippen molar-refractivity contribution in [2.45, 2.75) is 20.8 Å². The largest absolute Gasteiger partial charge is 0.457 e. The molecule has 1 aromatic heterocycles. The van der Waals surface area contributed by atoms with Crippen LogP contribution in [0.2, 0.25) is 0 Å². The van der Waals surface area contributed by atoms with Crippen LogP contribution in [-0.4, -0.2) is 18.3 Å². The summed E-state index contributed by atoms with van der Waals surface area (Å²) < 4.78 is 4.86. The van der Waals surface area contributed by atoms with Gasteiger partial charge in [-0.05, 0) is 43.7 Å². The first-order valence-electron chi connectivity index (χ1n) is 4.58. The van der Waals surface area contributed by atoms with Crippen LogP contribution in [-0.2, 0) is 0 Å². The highest BCUT2D eigenvalue weighted by Gasteiger charge is 2.03. The van der Waals surface area contributed by atoms with Crippen LogP contribution in [0, 0.1) is 6.92 Å². The lowest BCUT2D eigenvalue weighted by atomic mass is 10.4. The molecule has 80 valence electrons. The normalized spacial score (nSPS) is 9.14. The standard InChI is InChI=1S/C6H5ClO2.C4H11N/c1-4-2-3-5(9-4)6(7)8;1-3-5-4-2/h2-3H,1H3;5H,3-4H2,1-2H3. The molecule has 0 unspecified atom stereocenters. The van der Waals surface area contributed by atoms with Gasteiger partial charge >= 0.3 is 0 Å². The van der Waals surface area contributed by atoms with Gasteiger partial charge in [0.2, 0.25) is 0 Å². The molecule has 0 amide bonds. The van der Waals surface area contributed by atoms with Gasteiger partial charge in [0.15, 0.2) is 5.76 Å². The smallest absolute Gasteiger partial charge is 0.287 e. The second-order valence-corrected chi connectivity index (χ2v) is 2.98. The van der Waals surface area contributed by atoms with Crippen molar-refractivity contribution < 1.29 is 9.21 Å². The van der Waals surface area contributed by atoms with E-state index in [1.54, 1.807) is 19.1 Å². The molecule has 0 bridgehead atoms. The summed E-state index contributed by atoms with van der Waals surface area (Å²) in [6.45, 7) is 8.14. The summed E-state index contributed by atoms with van der Waals surface area (Å²) in [6, 6.07) is 3.24. The Bertz CT molecular complexity index is 269. The number of carbonyl (C=O) groups excluding carboxylic acids is 1. The Morgan fingerprint density at radius 1 is 1.43 bits per heavy atom. The number of furan rings is 1. The maximum absolute atomic E-state index is 10.3. The predicted molar refractivity (Wildman–Crippen MR) is 57.8 cm³/mol. The molecule has 0 aromatic carbocycles. The average molecular weight is 218 g/mol. The molecular weight excluding hydrogens is 202 g/mol. The maximum Gasteiger partial charge on any atom is 0.287 e. The molecule has 1 N–H and O–H groups in total. The summed E-state index contributed by atoms with van der Waals surface area (Å²) >= 11 is 5.08. The van der Waals surface area contributed by atoms with Gasteiger partial charge in [0.05, 0.1) is 0 Å². The van der Waals surface area contributed by atoms with E-state index in [0.29, 0.717) is 5.76 Å². The van der Waals surface area contributed by atoms with Crippen LogP contribution in [0.1, 0.15) is 30.2 Å². The third kappa shape index (κ3) is 5.78. The lowest BCUT2D eigenvalue weighted by Crippen LogP contribution is -2.09. The number of hydrogen-bond donors (Lipinski definition) is 1. The van der Waals surface area contributed by atoms with Crippen LogP contribution >= 0.6 is 11.6 Å². The van der Waals surface area contributed by atoms with Crippen molar-refractivity contribution in [2.75, 3.05) is 13.1 Å². The zero-order chi connectivity index (χ0) is 11.0. The SMILES string of the molecule is CCNCC.Cc1ccc(C(=O)Cl)o1. The topological polar surface area (TPSA) is 42.2 Å². The second-order valence-electron chi connectivity index (χ2n) is 2.64. The maximum atomic E-state index is 10.3. The fourth-order valence-electron chi connectivity index (χ4n) is 0.790. The molecule has 0 aliphatic rings. The molecule has 1 aromatic rings. The second kappa shape index (κ2) is 7.59. The van der Waals surface area contributed by atoms with Gasteiger partial charge in [0.1, 0.15) is 5.76 Å². The molecular formula is C10H16ClNO2. The Hall–Kier alpha value is -0.800. The van der Waals surface area contributed by atoms with Gasteiger partial charge in [-0.15, -0.1) is 0 Å².